The number of nitrogens with one attached hydrogen (secondary N) is 1. The van der Waals surface area contributed by atoms with Gasteiger partial charge in [0.25, 0.3) is 0 Å². The van der Waals surface area contributed by atoms with Crippen LogP contribution in [0.4, 0.5) is 0 Å². The van der Waals surface area contributed by atoms with Crippen molar-refractivity contribution in [1.82, 2.24) is 15.2 Å². The number of thiazole rings is 1. The molecule has 1 N–H and O–H groups in total. The Labute approximate surface area is 94.1 Å². The lowest BCUT2D eigenvalue weighted by molar-refractivity contribution is 0.475. The van der Waals surface area contributed by atoms with Crippen molar-refractivity contribution in [2.45, 2.75) is 26.4 Å². The molecule has 0 aliphatic heterocycles. The molecule has 0 saturated carbocycles. The summed E-state index contributed by atoms with van der Waals surface area (Å²) in [7, 11) is 1.97. The van der Waals surface area contributed by atoms with E-state index in [1.165, 1.54) is 0 Å². The standard InChI is InChI=1S/C9H15N3S2/c1-7(2)11-9(13)12(3)4-8-5-14-6-10-8/h5-7H,4H2,1-3H3,(H,11,13). The lowest BCUT2D eigenvalue weighted by atomic mass is 10.4. The second-order valence-corrected chi connectivity index (χ2v) is 4.55. The largest absolute Gasteiger partial charge is 0.360 e. The highest BCUT2D eigenvalue weighted by atomic mass is 32.1. The Morgan fingerprint density at radius 1 is 1.71 bits per heavy atom. The minimum absolute atomic E-state index is 0.375. The van der Waals surface area contributed by atoms with E-state index in [9.17, 15) is 0 Å². The summed E-state index contributed by atoms with van der Waals surface area (Å²) in [5, 5.41) is 6.00. The van der Waals surface area contributed by atoms with E-state index in [1.54, 1.807) is 11.3 Å². The molecular weight excluding hydrogens is 214 g/mol. The zero-order chi connectivity index (χ0) is 10.6. The highest BCUT2D eigenvalue weighted by Gasteiger charge is 2.06. The topological polar surface area (TPSA) is 28.2 Å². The second kappa shape index (κ2) is 5.26. The van der Waals surface area contributed by atoms with Crippen LogP contribution in [0.2, 0.25) is 0 Å². The molecule has 0 atom stereocenters. The van der Waals surface area contributed by atoms with E-state index in [1.807, 2.05) is 22.8 Å². The molecule has 1 aromatic rings. The molecule has 0 radical (unpaired) electrons. The fourth-order valence-corrected chi connectivity index (χ4v) is 1.84. The summed E-state index contributed by atoms with van der Waals surface area (Å²) in [6.45, 7) is 4.91. The van der Waals surface area contributed by atoms with Gasteiger partial charge in [-0.3, -0.25) is 0 Å². The van der Waals surface area contributed by atoms with Crippen molar-refractivity contribution < 1.29 is 0 Å². The number of hydrogen-bond acceptors (Lipinski definition) is 3. The zero-order valence-corrected chi connectivity index (χ0v) is 10.3. The molecule has 0 aliphatic rings. The van der Waals surface area contributed by atoms with Crippen molar-refractivity contribution in [2.75, 3.05) is 7.05 Å². The Morgan fingerprint density at radius 3 is 2.93 bits per heavy atom. The maximum atomic E-state index is 5.22. The van der Waals surface area contributed by atoms with E-state index in [-0.39, 0.29) is 0 Å². The van der Waals surface area contributed by atoms with Crippen molar-refractivity contribution in [1.29, 1.82) is 0 Å². The fraction of sp³-hybridized carbons (Fsp3) is 0.556. The van der Waals surface area contributed by atoms with Gasteiger partial charge in [-0.25, -0.2) is 4.98 Å². The highest BCUT2D eigenvalue weighted by molar-refractivity contribution is 7.80. The van der Waals surface area contributed by atoms with Gasteiger partial charge in [0.2, 0.25) is 0 Å². The van der Waals surface area contributed by atoms with E-state index in [0.29, 0.717) is 6.04 Å². The lowest BCUT2D eigenvalue weighted by Gasteiger charge is -2.21. The number of nitrogens with zero attached hydrogens (tertiary/aromatic N) is 2. The van der Waals surface area contributed by atoms with E-state index in [0.717, 1.165) is 17.4 Å². The smallest absolute Gasteiger partial charge is 0.169 e. The summed E-state index contributed by atoms with van der Waals surface area (Å²) < 4.78 is 0. The van der Waals surface area contributed by atoms with Crippen molar-refractivity contribution >= 4 is 28.7 Å². The monoisotopic (exact) mass is 229 g/mol. The molecule has 0 saturated heterocycles. The first-order valence-corrected chi connectivity index (χ1v) is 5.83. The van der Waals surface area contributed by atoms with Gasteiger partial charge in [0.05, 0.1) is 17.7 Å². The van der Waals surface area contributed by atoms with Gasteiger partial charge in [-0.05, 0) is 26.1 Å². The molecule has 5 heteroatoms. The predicted molar refractivity (Wildman–Crippen MR) is 64.5 cm³/mol. The van der Waals surface area contributed by atoms with Crippen LogP contribution in [0.5, 0.6) is 0 Å². The van der Waals surface area contributed by atoms with Crippen molar-refractivity contribution in [2.24, 2.45) is 0 Å². The minimum Gasteiger partial charge on any atom is -0.360 e. The van der Waals surface area contributed by atoms with Crippen LogP contribution < -0.4 is 5.32 Å². The molecule has 0 spiro atoms. The summed E-state index contributed by atoms with van der Waals surface area (Å²) in [5.41, 5.74) is 2.90. The third-order valence-corrected chi connectivity index (χ3v) is 2.71. The minimum atomic E-state index is 0.375. The van der Waals surface area contributed by atoms with Gasteiger partial charge < -0.3 is 10.2 Å². The van der Waals surface area contributed by atoms with Gasteiger partial charge in [-0.2, -0.15) is 0 Å². The zero-order valence-electron chi connectivity index (χ0n) is 8.65. The molecule has 0 fully saturated rings. The average molecular weight is 229 g/mol. The van der Waals surface area contributed by atoms with Crippen molar-refractivity contribution in [3.8, 4) is 0 Å². The van der Waals surface area contributed by atoms with E-state index >= 15 is 0 Å². The van der Waals surface area contributed by atoms with Gasteiger partial charge >= 0.3 is 0 Å². The van der Waals surface area contributed by atoms with Crippen LogP contribution in [0.3, 0.4) is 0 Å². The van der Waals surface area contributed by atoms with Crippen LogP contribution in [-0.2, 0) is 6.54 Å². The van der Waals surface area contributed by atoms with Crippen molar-refractivity contribution in [3.05, 3.63) is 16.6 Å². The van der Waals surface area contributed by atoms with Gasteiger partial charge in [0.1, 0.15) is 0 Å². The first-order chi connectivity index (χ1) is 6.59. The van der Waals surface area contributed by atoms with Crippen LogP contribution in [0.15, 0.2) is 10.9 Å². The molecule has 14 heavy (non-hydrogen) atoms. The van der Waals surface area contributed by atoms with Crippen LogP contribution in [0.25, 0.3) is 0 Å². The Morgan fingerprint density at radius 2 is 2.43 bits per heavy atom. The van der Waals surface area contributed by atoms with Crippen LogP contribution in [0, 0.1) is 0 Å². The second-order valence-electron chi connectivity index (χ2n) is 3.44. The molecule has 0 aromatic carbocycles. The number of hydrogen-bond donors (Lipinski definition) is 1. The quantitative estimate of drug-likeness (QED) is 0.801. The molecule has 0 amide bonds. The summed E-state index contributed by atoms with van der Waals surface area (Å²) in [5.74, 6) is 0. The van der Waals surface area contributed by atoms with Crippen molar-refractivity contribution in [3.63, 3.8) is 0 Å². The first kappa shape index (κ1) is 11.4. The van der Waals surface area contributed by atoms with Gasteiger partial charge in [0, 0.05) is 18.5 Å². The number of thiocarbonyl (C=S) groups is 1. The van der Waals surface area contributed by atoms with Crippen LogP contribution in [-0.4, -0.2) is 28.1 Å². The Hall–Kier alpha value is -0.680. The fourth-order valence-electron chi connectivity index (χ4n) is 0.988. The van der Waals surface area contributed by atoms with E-state index in [2.05, 4.69) is 24.1 Å². The molecule has 1 aromatic heterocycles. The Balaban J connectivity index is 2.42. The first-order valence-electron chi connectivity index (χ1n) is 4.48. The molecular formula is C9H15N3S2. The summed E-state index contributed by atoms with van der Waals surface area (Å²) in [4.78, 5) is 6.20. The Bertz CT molecular complexity index is 282. The molecule has 0 bridgehead atoms. The van der Waals surface area contributed by atoms with Crippen LogP contribution in [0.1, 0.15) is 19.5 Å². The van der Waals surface area contributed by atoms with E-state index < -0.39 is 0 Å². The number of aromatic nitrogens is 1. The SMILES string of the molecule is CC(C)NC(=S)N(C)Cc1cscn1. The highest BCUT2D eigenvalue weighted by Crippen LogP contribution is 2.04. The Kier molecular flexibility index (Phi) is 4.28. The molecule has 1 heterocycles. The van der Waals surface area contributed by atoms with E-state index in [4.69, 9.17) is 12.2 Å². The molecule has 3 nitrogen and oxygen atoms in total. The molecule has 1 rings (SSSR count). The third-order valence-electron chi connectivity index (χ3n) is 1.64. The van der Waals surface area contributed by atoms with Gasteiger partial charge in [-0.15, -0.1) is 11.3 Å². The summed E-state index contributed by atoms with van der Waals surface area (Å²) >= 11 is 6.82. The summed E-state index contributed by atoms with van der Waals surface area (Å²) in [6.07, 6.45) is 0. The van der Waals surface area contributed by atoms with Gasteiger partial charge in [0.15, 0.2) is 5.11 Å². The molecule has 0 aliphatic carbocycles. The normalized spacial score (nSPS) is 10.3. The molecule has 0 unspecified atom stereocenters. The number of rotatable bonds is 3. The maximum absolute atomic E-state index is 5.22. The van der Waals surface area contributed by atoms with Crippen LogP contribution >= 0.6 is 23.6 Å². The maximum Gasteiger partial charge on any atom is 0.169 e. The lowest BCUT2D eigenvalue weighted by Crippen LogP contribution is -2.40. The third kappa shape index (κ3) is 3.59. The predicted octanol–water partition coefficient (Wildman–Crippen LogP) is 1.86. The average Bonchev–Trinajstić information content (AvgIpc) is 2.55. The molecule has 78 valence electrons. The van der Waals surface area contributed by atoms with Gasteiger partial charge in [-0.1, -0.05) is 0 Å². The summed E-state index contributed by atoms with van der Waals surface area (Å²) in [6, 6.07) is 0.375.